The minimum absolute atomic E-state index is 0.0201. The summed E-state index contributed by atoms with van der Waals surface area (Å²) in [6.07, 6.45) is 5.03. The average molecular weight is 264 g/mol. The van der Waals surface area contributed by atoms with E-state index in [1.807, 2.05) is 0 Å². The number of nitrogens with zero attached hydrogens (tertiary/aromatic N) is 3. The Hall–Kier alpha value is -2.06. The average Bonchev–Trinajstić information content (AvgIpc) is 2.34. The van der Waals surface area contributed by atoms with E-state index in [1.54, 1.807) is 12.1 Å². The van der Waals surface area contributed by atoms with E-state index < -0.39 is 5.78 Å². The minimum atomic E-state index is -0.782. The molecular weight excluding hydrogens is 261 g/mol. The van der Waals surface area contributed by atoms with Crippen molar-refractivity contribution in [2.24, 2.45) is 4.99 Å². The number of Topliss-reactive ketones (excluding diaryl/α,β-unsaturated/α-hetero) is 1. The molecule has 0 fully saturated rings. The van der Waals surface area contributed by atoms with Gasteiger partial charge in [0.05, 0.1) is 10.7 Å². The van der Waals surface area contributed by atoms with E-state index in [1.165, 1.54) is 0 Å². The Kier molecular flexibility index (Phi) is 4.07. The lowest BCUT2D eigenvalue weighted by atomic mass is 9.95. The number of ketones is 1. The van der Waals surface area contributed by atoms with Gasteiger partial charge in [-0.15, -0.1) is 6.42 Å². The highest BCUT2D eigenvalue weighted by Gasteiger charge is 2.31. The Morgan fingerprint density at radius 3 is 2.24 bits per heavy atom. The van der Waals surface area contributed by atoms with Gasteiger partial charge in [0.25, 0.3) is 0 Å². The van der Waals surface area contributed by atoms with Crippen LogP contribution in [0.2, 0.25) is 0 Å². The molecule has 0 amide bonds. The summed E-state index contributed by atoms with van der Waals surface area (Å²) in [6.45, 7) is -0.0339. The Morgan fingerprint density at radius 2 is 1.76 bits per heavy atom. The Bertz CT molecular complexity index is 606. The molecule has 1 aliphatic carbocycles. The first-order valence-electron chi connectivity index (χ1n) is 4.21. The van der Waals surface area contributed by atoms with E-state index in [0.717, 1.165) is 0 Å². The molecule has 0 heterocycles. The number of terminal acetylenes is 1. The van der Waals surface area contributed by atoms with Crippen molar-refractivity contribution in [1.82, 2.24) is 0 Å². The van der Waals surface area contributed by atoms with Gasteiger partial charge in [-0.25, -0.2) is 0 Å². The molecule has 17 heavy (non-hydrogen) atoms. The number of carbonyl (C=O) groups excluding carboxylic acids is 1. The van der Waals surface area contributed by atoms with Crippen molar-refractivity contribution in [1.29, 1.82) is 10.5 Å². The number of nitriles is 2. The first-order valence-corrected chi connectivity index (χ1v) is 4.97. The first-order chi connectivity index (χ1) is 8.08. The molecule has 82 valence electrons. The van der Waals surface area contributed by atoms with Gasteiger partial charge in [-0.05, 0) is 0 Å². The van der Waals surface area contributed by atoms with E-state index in [2.05, 4.69) is 10.9 Å². The molecular formula is C11H3Cl2N3O. The van der Waals surface area contributed by atoms with Gasteiger partial charge in [0.2, 0.25) is 5.78 Å². The van der Waals surface area contributed by atoms with E-state index in [9.17, 15) is 4.79 Å². The maximum Gasteiger partial charge on any atom is 0.217 e. The van der Waals surface area contributed by atoms with Gasteiger partial charge < -0.3 is 0 Å². The molecule has 0 saturated carbocycles. The zero-order valence-corrected chi connectivity index (χ0v) is 9.80. The van der Waals surface area contributed by atoms with Crippen LogP contribution < -0.4 is 0 Å². The number of hydrogen-bond donors (Lipinski definition) is 0. The molecule has 0 atom stereocenters. The predicted molar refractivity (Wildman–Crippen MR) is 63.1 cm³/mol. The highest BCUT2D eigenvalue weighted by molar-refractivity contribution is 6.60. The van der Waals surface area contributed by atoms with Crippen molar-refractivity contribution >= 4 is 34.7 Å². The third-order valence-electron chi connectivity index (χ3n) is 1.87. The zero-order valence-electron chi connectivity index (χ0n) is 8.29. The van der Waals surface area contributed by atoms with Crippen LogP contribution in [0.4, 0.5) is 0 Å². The number of rotatable bonds is 1. The number of carbonyl (C=O) groups is 1. The van der Waals surface area contributed by atoms with Crippen LogP contribution in [0.15, 0.2) is 26.2 Å². The third kappa shape index (κ3) is 2.22. The number of hydrogen-bond acceptors (Lipinski definition) is 4. The standard InChI is InChI=1S/C11H3Cl2N3O/c1-2-3-16-10-6(4-14)7(5-15)11(17)9(13)8(10)12/h1H,3H2. The summed E-state index contributed by atoms with van der Waals surface area (Å²) in [7, 11) is 0. The van der Waals surface area contributed by atoms with Crippen molar-refractivity contribution in [2.75, 3.05) is 6.54 Å². The third-order valence-corrected chi connectivity index (χ3v) is 2.69. The van der Waals surface area contributed by atoms with Crippen LogP contribution in [0.1, 0.15) is 0 Å². The van der Waals surface area contributed by atoms with Crippen molar-refractivity contribution < 1.29 is 4.79 Å². The number of aliphatic imine (C=N–C) groups is 1. The second kappa shape index (κ2) is 5.32. The lowest BCUT2D eigenvalue weighted by Crippen LogP contribution is -2.19. The molecule has 0 radical (unpaired) electrons. The molecule has 0 bridgehead atoms. The van der Waals surface area contributed by atoms with Gasteiger partial charge in [-0.1, -0.05) is 29.1 Å². The highest BCUT2D eigenvalue weighted by Crippen LogP contribution is 2.29. The molecule has 1 rings (SSSR count). The van der Waals surface area contributed by atoms with Gasteiger partial charge >= 0.3 is 0 Å². The summed E-state index contributed by atoms with van der Waals surface area (Å²) < 4.78 is 0. The Morgan fingerprint density at radius 1 is 1.18 bits per heavy atom. The van der Waals surface area contributed by atoms with Crippen molar-refractivity contribution in [3.05, 3.63) is 21.2 Å². The van der Waals surface area contributed by atoms with Gasteiger partial charge in [0, 0.05) is 0 Å². The molecule has 0 aromatic heterocycles. The molecule has 0 aliphatic heterocycles. The van der Waals surface area contributed by atoms with E-state index >= 15 is 0 Å². The molecule has 0 spiro atoms. The second-order valence-corrected chi connectivity index (χ2v) is 3.56. The fourth-order valence-corrected chi connectivity index (χ4v) is 1.57. The fraction of sp³-hybridized carbons (Fsp3) is 0.0909. The van der Waals surface area contributed by atoms with Crippen LogP contribution in [0.5, 0.6) is 0 Å². The molecule has 0 saturated heterocycles. The summed E-state index contributed by atoms with van der Waals surface area (Å²) in [5.41, 5.74) is -0.604. The summed E-state index contributed by atoms with van der Waals surface area (Å²) >= 11 is 11.5. The van der Waals surface area contributed by atoms with Crippen LogP contribution >= 0.6 is 23.2 Å². The lowest BCUT2D eigenvalue weighted by molar-refractivity contribution is -0.111. The SMILES string of the molecule is C#CCN=C1C(Cl)=C(Cl)C(=O)C(C#N)=C1C#N. The topological polar surface area (TPSA) is 77.0 Å². The number of halogens is 2. The van der Waals surface area contributed by atoms with Crippen LogP contribution in [0.25, 0.3) is 0 Å². The van der Waals surface area contributed by atoms with E-state index in [0.29, 0.717) is 0 Å². The Labute approximate surface area is 107 Å². The van der Waals surface area contributed by atoms with Crippen molar-refractivity contribution in [2.45, 2.75) is 0 Å². The summed E-state index contributed by atoms with van der Waals surface area (Å²) in [5.74, 6) is 1.45. The number of allylic oxidation sites excluding steroid dienone is 4. The first kappa shape index (κ1) is 13.0. The van der Waals surface area contributed by atoms with E-state index in [4.69, 9.17) is 40.1 Å². The monoisotopic (exact) mass is 263 g/mol. The highest BCUT2D eigenvalue weighted by atomic mass is 35.5. The van der Waals surface area contributed by atoms with E-state index in [-0.39, 0.29) is 33.5 Å². The normalized spacial score (nSPS) is 17.8. The maximum absolute atomic E-state index is 11.6. The van der Waals surface area contributed by atoms with Crippen LogP contribution in [0.3, 0.4) is 0 Å². The second-order valence-electron chi connectivity index (χ2n) is 2.80. The summed E-state index contributed by atoms with van der Waals surface area (Å²) in [6, 6.07) is 3.31. The lowest BCUT2D eigenvalue weighted by Gasteiger charge is -2.12. The molecule has 4 nitrogen and oxygen atoms in total. The van der Waals surface area contributed by atoms with Crippen LogP contribution in [-0.4, -0.2) is 18.0 Å². The van der Waals surface area contributed by atoms with Gasteiger partial charge in [-0.2, -0.15) is 10.5 Å². The summed E-state index contributed by atoms with van der Waals surface area (Å²) in [4.78, 5) is 15.4. The van der Waals surface area contributed by atoms with Crippen molar-refractivity contribution in [3.8, 4) is 24.5 Å². The van der Waals surface area contributed by atoms with Crippen LogP contribution in [-0.2, 0) is 4.79 Å². The predicted octanol–water partition coefficient (Wildman–Crippen LogP) is 1.68. The smallest absolute Gasteiger partial charge is 0.217 e. The maximum atomic E-state index is 11.6. The van der Waals surface area contributed by atoms with Crippen LogP contribution in [0, 0.1) is 35.0 Å². The summed E-state index contributed by atoms with van der Waals surface area (Å²) in [5, 5.41) is 17.2. The Balaban J connectivity index is 3.53. The van der Waals surface area contributed by atoms with Gasteiger partial charge in [-0.3, -0.25) is 9.79 Å². The molecule has 1 aliphatic rings. The molecule has 0 aromatic rings. The van der Waals surface area contributed by atoms with Gasteiger partial charge in [0.1, 0.15) is 34.9 Å². The molecule has 0 unspecified atom stereocenters. The molecule has 6 heteroatoms. The zero-order chi connectivity index (χ0) is 13.0. The largest absolute Gasteiger partial charge is 0.287 e. The van der Waals surface area contributed by atoms with Crippen molar-refractivity contribution in [3.63, 3.8) is 0 Å². The van der Waals surface area contributed by atoms with Gasteiger partial charge in [0.15, 0.2) is 0 Å². The quantitative estimate of drug-likeness (QED) is 0.534. The molecule has 0 aromatic carbocycles. The minimum Gasteiger partial charge on any atom is -0.287 e. The molecule has 0 N–H and O–H groups in total. The fourth-order valence-electron chi connectivity index (χ4n) is 1.14.